The molecule has 4 nitrogen and oxygen atoms in total. The standard InChI is InChI=1S/C10H13NO3S2/c12-7-2-1-3-8(7)16-10-11-6(5-15-10)4-9(13)14/h5,7-8,12H,1-4H2,(H,13,14). The third kappa shape index (κ3) is 2.96. The van der Waals surface area contributed by atoms with Crippen molar-refractivity contribution in [1.29, 1.82) is 0 Å². The van der Waals surface area contributed by atoms with Gasteiger partial charge in [-0.15, -0.1) is 11.3 Å². The molecular weight excluding hydrogens is 246 g/mol. The molecule has 0 aliphatic heterocycles. The summed E-state index contributed by atoms with van der Waals surface area (Å²) in [4.78, 5) is 14.7. The Morgan fingerprint density at radius 2 is 2.44 bits per heavy atom. The number of aliphatic hydroxyl groups excluding tert-OH is 1. The maximum Gasteiger partial charge on any atom is 0.309 e. The Labute approximate surface area is 102 Å². The van der Waals surface area contributed by atoms with Crippen molar-refractivity contribution >= 4 is 29.1 Å². The van der Waals surface area contributed by atoms with Crippen LogP contribution < -0.4 is 0 Å². The van der Waals surface area contributed by atoms with Crippen molar-refractivity contribution in [3.05, 3.63) is 11.1 Å². The number of carbonyl (C=O) groups is 1. The summed E-state index contributed by atoms with van der Waals surface area (Å²) < 4.78 is 0.863. The van der Waals surface area contributed by atoms with E-state index in [-0.39, 0.29) is 17.8 Å². The Morgan fingerprint density at radius 3 is 3.06 bits per heavy atom. The molecule has 6 heteroatoms. The monoisotopic (exact) mass is 259 g/mol. The third-order valence-electron chi connectivity index (χ3n) is 2.53. The third-order valence-corrected chi connectivity index (χ3v) is 4.94. The number of aromatic nitrogens is 1. The topological polar surface area (TPSA) is 70.4 Å². The minimum absolute atomic E-state index is 0.0235. The number of aliphatic carboxylic acids is 1. The molecule has 2 atom stereocenters. The van der Waals surface area contributed by atoms with Crippen LogP contribution in [0.2, 0.25) is 0 Å². The minimum Gasteiger partial charge on any atom is -0.481 e. The van der Waals surface area contributed by atoms with E-state index in [0.29, 0.717) is 5.69 Å². The number of carboxylic acid groups (broad SMARTS) is 1. The van der Waals surface area contributed by atoms with Gasteiger partial charge in [-0.1, -0.05) is 11.8 Å². The highest BCUT2D eigenvalue weighted by Gasteiger charge is 2.27. The first kappa shape index (κ1) is 11.9. The molecule has 1 aliphatic rings. The smallest absolute Gasteiger partial charge is 0.309 e. The molecule has 0 aromatic carbocycles. The van der Waals surface area contributed by atoms with Gasteiger partial charge in [0.05, 0.1) is 18.2 Å². The molecule has 1 aromatic rings. The first-order valence-corrected chi connectivity index (χ1v) is 6.92. The van der Waals surface area contributed by atoms with Crippen molar-refractivity contribution in [2.45, 2.75) is 41.4 Å². The summed E-state index contributed by atoms with van der Waals surface area (Å²) in [5.74, 6) is -0.859. The second-order valence-electron chi connectivity index (χ2n) is 3.83. The van der Waals surface area contributed by atoms with Crippen LogP contribution in [0.1, 0.15) is 25.0 Å². The van der Waals surface area contributed by atoms with E-state index in [1.54, 1.807) is 17.1 Å². The molecule has 2 unspecified atom stereocenters. The van der Waals surface area contributed by atoms with Crippen LogP contribution in [0.15, 0.2) is 9.72 Å². The van der Waals surface area contributed by atoms with Gasteiger partial charge < -0.3 is 10.2 Å². The SMILES string of the molecule is O=C(O)Cc1csc(SC2CCCC2O)n1. The van der Waals surface area contributed by atoms with E-state index in [0.717, 1.165) is 23.6 Å². The maximum absolute atomic E-state index is 10.5. The lowest BCUT2D eigenvalue weighted by Gasteiger charge is -2.10. The Kier molecular flexibility index (Phi) is 3.83. The van der Waals surface area contributed by atoms with Gasteiger partial charge in [0.15, 0.2) is 0 Å². The largest absolute Gasteiger partial charge is 0.481 e. The summed E-state index contributed by atoms with van der Waals surface area (Å²) in [6.45, 7) is 0. The average molecular weight is 259 g/mol. The number of rotatable bonds is 4. The molecule has 1 aliphatic carbocycles. The molecule has 0 spiro atoms. The molecular formula is C10H13NO3S2. The Bertz CT molecular complexity index is 380. The van der Waals surface area contributed by atoms with Gasteiger partial charge in [-0.2, -0.15) is 0 Å². The van der Waals surface area contributed by atoms with Crippen LogP contribution in [0.25, 0.3) is 0 Å². The molecule has 88 valence electrons. The van der Waals surface area contributed by atoms with Crippen LogP contribution in [0.3, 0.4) is 0 Å². The predicted octanol–water partition coefficient (Wildman–Crippen LogP) is 1.78. The van der Waals surface area contributed by atoms with Crippen molar-refractivity contribution in [2.24, 2.45) is 0 Å². The highest BCUT2D eigenvalue weighted by atomic mass is 32.2. The summed E-state index contributed by atoms with van der Waals surface area (Å²) in [5.41, 5.74) is 0.604. The van der Waals surface area contributed by atoms with Gasteiger partial charge in [0.25, 0.3) is 0 Å². The van der Waals surface area contributed by atoms with E-state index in [9.17, 15) is 9.90 Å². The van der Waals surface area contributed by atoms with Gasteiger partial charge >= 0.3 is 5.97 Å². The Hall–Kier alpha value is -0.590. The van der Waals surface area contributed by atoms with Crippen LogP contribution in [-0.4, -0.2) is 32.5 Å². The predicted molar refractivity (Wildman–Crippen MR) is 63.0 cm³/mol. The lowest BCUT2D eigenvalue weighted by Crippen LogP contribution is -2.14. The van der Waals surface area contributed by atoms with E-state index in [4.69, 9.17) is 5.11 Å². The molecule has 2 N–H and O–H groups in total. The average Bonchev–Trinajstić information content (AvgIpc) is 2.77. The van der Waals surface area contributed by atoms with Gasteiger partial charge in [0, 0.05) is 10.6 Å². The number of aliphatic hydroxyl groups is 1. The molecule has 1 saturated carbocycles. The molecule has 0 amide bonds. The molecule has 1 aromatic heterocycles. The normalized spacial score (nSPS) is 24.8. The minimum atomic E-state index is -0.859. The van der Waals surface area contributed by atoms with E-state index in [1.807, 2.05) is 0 Å². The van der Waals surface area contributed by atoms with Crippen molar-refractivity contribution in [3.63, 3.8) is 0 Å². The fourth-order valence-electron chi connectivity index (χ4n) is 1.75. The molecule has 1 heterocycles. The number of nitrogens with zero attached hydrogens (tertiary/aromatic N) is 1. The second kappa shape index (κ2) is 5.16. The summed E-state index contributed by atoms with van der Waals surface area (Å²) in [7, 11) is 0. The van der Waals surface area contributed by atoms with Crippen molar-refractivity contribution in [1.82, 2.24) is 4.98 Å². The second-order valence-corrected chi connectivity index (χ2v) is 6.17. The van der Waals surface area contributed by atoms with Gasteiger partial charge in [-0.25, -0.2) is 4.98 Å². The van der Waals surface area contributed by atoms with Gasteiger partial charge in [0.1, 0.15) is 4.34 Å². The summed E-state index contributed by atoms with van der Waals surface area (Å²) in [6, 6.07) is 0. The zero-order chi connectivity index (χ0) is 11.5. The fourth-order valence-corrected chi connectivity index (χ4v) is 4.04. The zero-order valence-corrected chi connectivity index (χ0v) is 10.3. The van der Waals surface area contributed by atoms with Crippen molar-refractivity contribution < 1.29 is 15.0 Å². The lowest BCUT2D eigenvalue weighted by atomic mass is 10.3. The number of hydrogen-bond donors (Lipinski definition) is 2. The van der Waals surface area contributed by atoms with Gasteiger partial charge in [-0.3, -0.25) is 4.79 Å². The van der Waals surface area contributed by atoms with Crippen LogP contribution in [-0.2, 0) is 11.2 Å². The van der Waals surface area contributed by atoms with E-state index < -0.39 is 5.97 Å². The van der Waals surface area contributed by atoms with E-state index in [2.05, 4.69) is 4.98 Å². The zero-order valence-electron chi connectivity index (χ0n) is 8.63. The molecule has 16 heavy (non-hydrogen) atoms. The van der Waals surface area contributed by atoms with E-state index in [1.165, 1.54) is 11.3 Å². The molecule has 0 radical (unpaired) electrons. The number of thioether (sulfide) groups is 1. The summed E-state index contributed by atoms with van der Waals surface area (Å²) in [6.07, 6.45) is 2.68. The van der Waals surface area contributed by atoms with Crippen molar-refractivity contribution in [2.75, 3.05) is 0 Å². The Balaban J connectivity index is 1.94. The van der Waals surface area contributed by atoms with E-state index >= 15 is 0 Å². The first-order chi connectivity index (χ1) is 7.65. The number of carboxylic acids is 1. The Morgan fingerprint density at radius 1 is 1.62 bits per heavy atom. The highest BCUT2D eigenvalue weighted by molar-refractivity contribution is 8.01. The van der Waals surface area contributed by atoms with Crippen LogP contribution in [0.5, 0.6) is 0 Å². The first-order valence-electron chi connectivity index (χ1n) is 5.16. The summed E-state index contributed by atoms with van der Waals surface area (Å²) in [5, 5.41) is 20.3. The highest BCUT2D eigenvalue weighted by Crippen LogP contribution is 2.36. The number of thiazole rings is 1. The summed E-state index contributed by atoms with van der Waals surface area (Å²) >= 11 is 3.03. The maximum atomic E-state index is 10.5. The lowest BCUT2D eigenvalue weighted by molar-refractivity contribution is -0.136. The molecule has 0 bridgehead atoms. The van der Waals surface area contributed by atoms with Crippen LogP contribution in [0, 0.1) is 0 Å². The van der Waals surface area contributed by atoms with Crippen LogP contribution >= 0.6 is 23.1 Å². The molecule has 0 saturated heterocycles. The van der Waals surface area contributed by atoms with Gasteiger partial charge in [-0.05, 0) is 19.3 Å². The van der Waals surface area contributed by atoms with Crippen LogP contribution in [0.4, 0.5) is 0 Å². The van der Waals surface area contributed by atoms with Crippen molar-refractivity contribution in [3.8, 4) is 0 Å². The van der Waals surface area contributed by atoms with Gasteiger partial charge in [0.2, 0.25) is 0 Å². The number of hydrogen-bond acceptors (Lipinski definition) is 5. The fraction of sp³-hybridized carbons (Fsp3) is 0.600. The molecule has 2 rings (SSSR count). The molecule has 1 fully saturated rings. The quantitative estimate of drug-likeness (QED) is 0.862.